The fourth-order valence-corrected chi connectivity index (χ4v) is 4.17. The molecule has 33 heavy (non-hydrogen) atoms. The van der Waals surface area contributed by atoms with E-state index in [0.717, 1.165) is 16.7 Å². The maximum atomic E-state index is 13.5. The normalized spacial score (nSPS) is 11.6. The molecule has 0 aliphatic carbocycles. The molecule has 0 radical (unpaired) electrons. The number of carbonyl (C=O) groups excluding carboxylic acids is 2. The highest BCUT2D eigenvalue weighted by atomic mass is 35.5. The van der Waals surface area contributed by atoms with E-state index in [1.54, 1.807) is 11.0 Å². The third kappa shape index (κ3) is 7.08. The van der Waals surface area contributed by atoms with Gasteiger partial charge in [0.1, 0.15) is 6.04 Å². The first-order valence-electron chi connectivity index (χ1n) is 11.1. The molecule has 3 rings (SSSR count). The smallest absolute Gasteiger partial charge is 0.243 e. The molecule has 172 valence electrons. The van der Waals surface area contributed by atoms with Crippen LogP contribution in [0.4, 0.5) is 0 Å². The van der Waals surface area contributed by atoms with Crippen LogP contribution in [0.25, 0.3) is 0 Å². The summed E-state index contributed by atoms with van der Waals surface area (Å²) in [6, 6.07) is 24.0. The number of amides is 2. The van der Waals surface area contributed by atoms with Crippen LogP contribution >= 0.6 is 23.2 Å². The predicted octanol–water partition coefficient (Wildman–Crippen LogP) is 5.70. The van der Waals surface area contributed by atoms with Gasteiger partial charge in [0.2, 0.25) is 11.8 Å². The first-order chi connectivity index (χ1) is 16.0. The molecule has 0 aliphatic rings. The lowest BCUT2D eigenvalue weighted by molar-refractivity contribution is -0.141. The van der Waals surface area contributed by atoms with Crippen LogP contribution in [0.5, 0.6) is 0 Å². The number of rotatable bonds is 10. The fraction of sp³-hybridized carbons (Fsp3) is 0.259. The molecular weight excluding hydrogens is 455 g/mol. The van der Waals surface area contributed by atoms with E-state index >= 15 is 0 Å². The molecule has 0 saturated carbocycles. The van der Waals surface area contributed by atoms with E-state index in [1.165, 1.54) is 0 Å². The van der Waals surface area contributed by atoms with Crippen molar-refractivity contribution in [3.8, 4) is 0 Å². The van der Waals surface area contributed by atoms with Gasteiger partial charge in [-0.05, 0) is 42.2 Å². The largest absolute Gasteiger partial charge is 0.355 e. The van der Waals surface area contributed by atoms with Crippen LogP contribution in [0.3, 0.4) is 0 Å². The Kier molecular flexibility index (Phi) is 9.35. The van der Waals surface area contributed by atoms with Gasteiger partial charge in [0.05, 0.1) is 0 Å². The van der Waals surface area contributed by atoms with Crippen LogP contribution in [-0.4, -0.2) is 29.3 Å². The summed E-state index contributed by atoms with van der Waals surface area (Å²) in [5.74, 6) is -0.304. The average Bonchev–Trinajstić information content (AvgIpc) is 2.82. The zero-order valence-corrected chi connectivity index (χ0v) is 20.1. The lowest BCUT2D eigenvalue weighted by Crippen LogP contribution is -2.50. The van der Waals surface area contributed by atoms with Gasteiger partial charge in [-0.15, -0.1) is 0 Å². The molecular formula is C27H28Cl2N2O2. The molecule has 4 nitrogen and oxygen atoms in total. The molecule has 0 unspecified atom stereocenters. The van der Waals surface area contributed by atoms with Crippen LogP contribution in [0.2, 0.25) is 10.0 Å². The molecule has 0 aromatic heterocycles. The summed E-state index contributed by atoms with van der Waals surface area (Å²) in [5.41, 5.74) is 2.69. The van der Waals surface area contributed by atoms with Gasteiger partial charge in [0.15, 0.2) is 0 Å². The van der Waals surface area contributed by atoms with E-state index in [1.807, 2.05) is 79.7 Å². The Bertz CT molecular complexity index is 1070. The van der Waals surface area contributed by atoms with Crippen LogP contribution in [0.15, 0.2) is 78.9 Å². The van der Waals surface area contributed by atoms with E-state index in [-0.39, 0.29) is 24.8 Å². The number of benzene rings is 3. The van der Waals surface area contributed by atoms with Crippen molar-refractivity contribution in [1.29, 1.82) is 0 Å². The molecule has 1 atom stereocenters. The minimum absolute atomic E-state index is 0.123. The topological polar surface area (TPSA) is 49.4 Å². The van der Waals surface area contributed by atoms with Gasteiger partial charge in [-0.3, -0.25) is 9.59 Å². The number of hydrogen-bond acceptors (Lipinski definition) is 2. The summed E-state index contributed by atoms with van der Waals surface area (Å²) in [5, 5.41) is 4.10. The number of aryl methyl sites for hydroxylation is 1. The van der Waals surface area contributed by atoms with Crippen LogP contribution < -0.4 is 5.32 Å². The first-order valence-corrected chi connectivity index (χ1v) is 11.8. The molecule has 6 heteroatoms. The second-order valence-electron chi connectivity index (χ2n) is 7.80. The van der Waals surface area contributed by atoms with E-state index in [2.05, 4.69) is 5.32 Å². The van der Waals surface area contributed by atoms with E-state index in [0.29, 0.717) is 29.4 Å². The number of nitrogens with zero attached hydrogens (tertiary/aromatic N) is 1. The van der Waals surface area contributed by atoms with Crippen LogP contribution in [0, 0.1) is 0 Å². The number of carbonyl (C=O) groups is 2. The van der Waals surface area contributed by atoms with Gasteiger partial charge in [0, 0.05) is 36.0 Å². The van der Waals surface area contributed by atoms with Gasteiger partial charge in [-0.1, -0.05) is 89.9 Å². The standard InChI is InChI=1S/C27H28Cl2N2O2/c1-2-30-27(33)25(18-20-10-4-3-5-11-20)31(19-22-13-7-9-15-24(22)29)26(32)17-16-21-12-6-8-14-23(21)28/h3-15,25H,2,16-19H2,1H3,(H,30,33)/t25-/m1/s1. The van der Waals surface area contributed by atoms with E-state index < -0.39 is 6.04 Å². The second-order valence-corrected chi connectivity index (χ2v) is 8.62. The highest BCUT2D eigenvalue weighted by Gasteiger charge is 2.30. The third-order valence-corrected chi connectivity index (χ3v) is 6.22. The third-order valence-electron chi connectivity index (χ3n) is 5.49. The van der Waals surface area contributed by atoms with Crippen molar-refractivity contribution in [2.75, 3.05) is 6.54 Å². The Labute approximate surface area is 205 Å². The first kappa shape index (κ1) is 24.8. The Morgan fingerprint density at radius 2 is 1.42 bits per heavy atom. The SMILES string of the molecule is CCNC(=O)[C@@H](Cc1ccccc1)N(Cc1ccccc1Cl)C(=O)CCc1ccccc1Cl. The molecule has 0 spiro atoms. The zero-order chi connectivity index (χ0) is 23.6. The average molecular weight is 483 g/mol. The van der Waals surface area contributed by atoms with E-state index in [4.69, 9.17) is 23.2 Å². The molecule has 0 fully saturated rings. The Morgan fingerprint density at radius 1 is 0.848 bits per heavy atom. The second kappa shape index (κ2) is 12.4. The highest BCUT2D eigenvalue weighted by Crippen LogP contribution is 2.22. The van der Waals surface area contributed by atoms with Crippen LogP contribution in [-0.2, 0) is 29.0 Å². The molecule has 0 bridgehead atoms. The van der Waals surface area contributed by atoms with E-state index in [9.17, 15) is 9.59 Å². The number of halogens is 2. The predicted molar refractivity (Wildman–Crippen MR) is 134 cm³/mol. The maximum absolute atomic E-state index is 13.5. The summed E-state index contributed by atoms with van der Waals surface area (Å²) in [4.78, 5) is 28.3. The molecule has 2 amide bonds. The van der Waals surface area contributed by atoms with Crippen molar-refractivity contribution in [2.45, 2.75) is 38.8 Å². The maximum Gasteiger partial charge on any atom is 0.243 e. The molecule has 1 N–H and O–H groups in total. The quantitative estimate of drug-likeness (QED) is 0.402. The lowest BCUT2D eigenvalue weighted by Gasteiger charge is -2.32. The van der Waals surface area contributed by atoms with Gasteiger partial charge in [0.25, 0.3) is 0 Å². The summed E-state index contributed by atoms with van der Waals surface area (Å²) in [6.45, 7) is 2.60. The van der Waals surface area contributed by atoms with Crippen molar-refractivity contribution in [3.05, 3.63) is 106 Å². The van der Waals surface area contributed by atoms with Crippen LogP contribution in [0.1, 0.15) is 30.0 Å². The fourth-order valence-electron chi connectivity index (χ4n) is 3.74. The van der Waals surface area contributed by atoms with Crippen molar-refractivity contribution < 1.29 is 9.59 Å². The monoisotopic (exact) mass is 482 g/mol. The lowest BCUT2D eigenvalue weighted by atomic mass is 10.0. The zero-order valence-electron chi connectivity index (χ0n) is 18.6. The molecule has 3 aromatic rings. The number of likely N-dealkylation sites (N-methyl/N-ethyl adjacent to an activating group) is 1. The van der Waals surface area contributed by atoms with Gasteiger partial charge >= 0.3 is 0 Å². The summed E-state index contributed by atoms with van der Waals surface area (Å²) >= 11 is 12.7. The van der Waals surface area contributed by atoms with Crippen molar-refractivity contribution in [1.82, 2.24) is 10.2 Å². The summed E-state index contributed by atoms with van der Waals surface area (Å²) in [7, 11) is 0. The minimum atomic E-state index is -0.664. The van der Waals surface area contributed by atoms with Crippen molar-refractivity contribution in [2.24, 2.45) is 0 Å². The summed E-state index contributed by atoms with van der Waals surface area (Å²) < 4.78 is 0. The molecule has 0 saturated heterocycles. The van der Waals surface area contributed by atoms with Gasteiger partial charge in [-0.2, -0.15) is 0 Å². The van der Waals surface area contributed by atoms with Gasteiger partial charge in [-0.25, -0.2) is 0 Å². The highest BCUT2D eigenvalue weighted by molar-refractivity contribution is 6.31. The Balaban J connectivity index is 1.91. The minimum Gasteiger partial charge on any atom is -0.355 e. The Hall–Kier alpha value is -2.82. The Morgan fingerprint density at radius 3 is 2.03 bits per heavy atom. The van der Waals surface area contributed by atoms with Crippen molar-refractivity contribution >= 4 is 35.0 Å². The summed E-state index contributed by atoms with van der Waals surface area (Å²) in [6.07, 6.45) is 1.14. The molecule has 0 heterocycles. The molecule has 0 aliphatic heterocycles. The van der Waals surface area contributed by atoms with Gasteiger partial charge < -0.3 is 10.2 Å². The number of nitrogens with one attached hydrogen (secondary N) is 1. The number of hydrogen-bond donors (Lipinski definition) is 1. The van der Waals surface area contributed by atoms with Crippen molar-refractivity contribution in [3.63, 3.8) is 0 Å². The molecule has 3 aromatic carbocycles.